The van der Waals surface area contributed by atoms with E-state index in [-0.39, 0.29) is 32.7 Å². The Kier molecular flexibility index (Phi) is 27.2. The molecule has 0 aromatic heterocycles. The van der Waals surface area contributed by atoms with E-state index in [0.29, 0.717) is 0 Å². The van der Waals surface area contributed by atoms with E-state index in [4.69, 9.17) is 0 Å². The van der Waals surface area contributed by atoms with Gasteiger partial charge in [0.2, 0.25) is 0 Å². The summed E-state index contributed by atoms with van der Waals surface area (Å²) in [6.07, 6.45) is 0. The maximum atomic E-state index is 4.25. The molecular weight excluding hydrogens is 263 g/mol. The van der Waals surface area contributed by atoms with Gasteiger partial charge in [0.05, 0.1) is 0 Å². The molecule has 0 saturated carbocycles. The van der Waals surface area contributed by atoms with Gasteiger partial charge >= 0.3 is 0 Å². The van der Waals surface area contributed by atoms with Crippen molar-refractivity contribution in [3.8, 4) is 0 Å². The van der Waals surface area contributed by atoms with Gasteiger partial charge in [-0.3, -0.25) is 7.05 Å². The van der Waals surface area contributed by atoms with Gasteiger partial charge in [-0.25, -0.2) is 0 Å². The van der Waals surface area contributed by atoms with E-state index in [9.17, 15) is 0 Å². The molecule has 1 radical (unpaired) electrons. The van der Waals surface area contributed by atoms with Crippen molar-refractivity contribution in [1.29, 1.82) is 0 Å². The van der Waals surface area contributed by atoms with Gasteiger partial charge < -0.3 is 10.1 Å². The topological polar surface area (TPSA) is 21.3 Å². The first-order valence-corrected chi connectivity index (χ1v) is 4.79. The number of hydrogen-bond acceptors (Lipinski definition) is 2. The minimum absolute atomic E-state index is 0. The van der Waals surface area contributed by atoms with Crippen LogP contribution in [0, 0.1) is 7.05 Å². The summed E-state index contributed by atoms with van der Waals surface area (Å²) >= 11 is 0. The Labute approximate surface area is 120 Å². The summed E-state index contributed by atoms with van der Waals surface area (Å²) in [6.45, 7) is 4.85. The zero-order chi connectivity index (χ0) is 11.2. The van der Waals surface area contributed by atoms with Gasteiger partial charge in [0.1, 0.15) is 0 Å². The predicted molar refractivity (Wildman–Crippen MR) is 62.9 cm³/mol. The van der Waals surface area contributed by atoms with E-state index >= 15 is 0 Å². The Hall–Kier alpha value is 0.244. The van der Waals surface area contributed by atoms with E-state index < -0.39 is 0 Å². The first-order valence-electron chi connectivity index (χ1n) is 4.79. The van der Waals surface area contributed by atoms with Crippen LogP contribution in [0.25, 0.3) is 0 Å². The van der Waals surface area contributed by atoms with Crippen LogP contribution < -0.4 is 5.32 Å². The molecule has 0 saturated heterocycles. The second-order valence-electron chi connectivity index (χ2n) is 2.32. The Balaban J connectivity index is -0.000000209. The first kappa shape index (κ1) is 20.6. The van der Waals surface area contributed by atoms with Crippen molar-refractivity contribution in [2.24, 2.45) is 0 Å². The largest absolute Gasteiger partial charge is 0.469 e. The van der Waals surface area contributed by atoms with Crippen molar-refractivity contribution >= 4 is 0 Å². The van der Waals surface area contributed by atoms with Crippen LogP contribution in [0.3, 0.4) is 0 Å². The van der Waals surface area contributed by atoms with Crippen molar-refractivity contribution < 1.29 is 37.4 Å². The molecule has 0 aliphatic heterocycles. The molecule has 0 fully saturated rings. The monoisotopic (exact) mass is 285 g/mol. The number of nitrogens with one attached hydrogen (secondary N) is 1. The number of rotatable bonds is 2. The van der Waals surface area contributed by atoms with Crippen LogP contribution >= 0.6 is 0 Å². The molecule has 0 amide bonds. The summed E-state index contributed by atoms with van der Waals surface area (Å²) in [4.78, 5) is 0. The van der Waals surface area contributed by atoms with Gasteiger partial charge in [-0.2, -0.15) is 0 Å². The quantitative estimate of drug-likeness (QED) is 0.844. The third kappa shape index (κ3) is 16.9. The minimum Gasteiger partial charge on any atom is -0.469 e. The summed E-state index contributed by atoms with van der Waals surface area (Å²) in [7, 11) is 6.78. The van der Waals surface area contributed by atoms with Crippen LogP contribution in [0.5, 0.6) is 0 Å². The number of hydrogen-bond donors (Lipinski definition) is 1. The van der Waals surface area contributed by atoms with E-state index in [1.54, 1.807) is 14.2 Å². The molecule has 0 unspecified atom stereocenters. The fraction of sp³-hybridized carbons (Fsp3) is 0.417. The van der Waals surface area contributed by atoms with Crippen LogP contribution in [0.15, 0.2) is 30.3 Å². The zero-order valence-electron chi connectivity index (χ0n) is 10.3. The third-order valence-electron chi connectivity index (χ3n) is 1.17. The van der Waals surface area contributed by atoms with Gasteiger partial charge in [-0.1, -0.05) is 44.2 Å². The zero-order valence-corrected chi connectivity index (χ0v) is 13.1. The molecule has 0 spiro atoms. The molecular formula is C12H22NOY-. The second kappa shape index (κ2) is 19.8. The van der Waals surface area contributed by atoms with Crippen LogP contribution in [0.2, 0.25) is 0 Å². The molecule has 1 aromatic carbocycles. The molecule has 85 valence electrons. The Bertz CT molecular complexity index is 180. The van der Waals surface area contributed by atoms with Crippen molar-refractivity contribution in [3.63, 3.8) is 0 Å². The molecule has 0 atom stereocenters. The van der Waals surface area contributed by atoms with E-state index in [2.05, 4.69) is 29.2 Å². The van der Waals surface area contributed by atoms with Gasteiger partial charge in [-0.15, -0.1) is 0 Å². The summed E-state index contributed by atoms with van der Waals surface area (Å²) in [5, 5.41) is 2.83. The van der Waals surface area contributed by atoms with Gasteiger partial charge in [0, 0.05) is 46.9 Å². The fourth-order valence-electron chi connectivity index (χ4n) is 0.740. The smallest absolute Gasteiger partial charge is 0.0351 e. The van der Waals surface area contributed by atoms with Crippen LogP contribution in [-0.4, -0.2) is 14.2 Å². The second-order valence-corrected chi connectivity index (χ2v) is 2.32. The maximum absolute atomic E-state index is 4.25. The minimum atomic E-state index is 0. The molecule has 2 nitrogen and oxygen atoms in total. The molecule has 0 heterocycles. The predicted octanol–water partition coefficient (Wildman–Crippen LogP) is 2.85. The Morgan fingerprint density at radius 2 is 1.53 bits per heavy atom. The number of benzene rings is 1. The fourth-order valence-corrected chi connectivity index (χ4v) is 0.740. The number of ether oxygens (including phenoxy) is 1. The molecule has 1 rings (SSSR count). The van der Waals surface area contributed by atoms with Crippen molar-refractivity contribution in [2.75, 3.05) is 14.2 Å². The molecule has 1 aromatic rings. The Morgan fingerprint density at radius 1 is 1.13 bits per heavy atom. The molecule has 0 aliphatic rings. The molecule has 3 heteroatoms. The standard InChI is InChI=1S/C8H10N.C2H6O.C2H6.Y/c1-9-7-8-5-3-2-4-6-8;1-3-2;1-2;/h2-6,9H,1,7H2;1-2H3;1-2H3;/q-1;;;. The van der Waals surface area contributed by atoms with Gasteiger partial charge in [-0.05, 0) is 12.1 Å². The van der Waals surface area contributed by atoms with E-state index in [1.165, 1.54) is 5.56 Å². The summed E-state index contributed by atoms with van der Waals surface area (Å²) in [6, 6.07) is 10.2. The van der Waals surface area contributed by atoms with Crippen molar-refractivity contribution in [2.45, 2.75) is 20.4 Å². The third-order valence-corrected chi connectivity index (χ3v) is 1.17. The summed E-state index contributed by atoms with van der Waals surface area (Å²) in [5.41, 5.74) is 1.27. The van der Waals surface area contributed by atoms with E-state index in [1.807, 2.05) is 32.0 Å². The summed E-state index contributed by atoms with van der Waals surface area (Å²) < 4.78 is 4.25. The van der Waals surface area contributed by atoms with Crippen LogP contribution in [0.4, 0.5) is 0 Å². The average Bonchev–Trinajstić information content (AvgIpc) is 2.24. The molecule has 0 bridgehead atoms. The SMILES string of the molecule is CC.COC.[CH2-]NCc1ccccc1.[Y]. The van der Waals surface area contributed by atoms with E-state index in [0.717, 1.165) is 6.54 Å². The average molecular weight is 285 g/mol. The van der Waals surface area contributed by atoms with Crippen LogP contribution in [0.1, 0.15) is 19.4 Å². The normalized spacial score (nSPS) is 7.27. The molecule has 15 heavy (non-hydrogen) atoms. The Morgan fingerprint density at radius 3 is 1.87 bits per heavy atom. The molecule has 0 aliphatic carbocycles. The van der Waals surface area contributed by atoms with Crippen molar-refractivity contribution in [1.82, 2.24) is 5.32 Å². The van der Waals surface area contributed by atoms with Gasteiger partial charge in [0.25, 0.3) is 0 Å². The van der Waals surface area contributed by atoms with Crippen molar-refractivity contribution in [3.05, 3.63) is 42.9 Å². The number of methoxy groups -OCH3 is 1. The van der Waals surface area contributed by atoms with Crippen LogP contribution in [-0.2, 0) is 44.0 Å². The summed E-state index contributed by atoms with van der Waals surface area (Å²) in [5.74, 6) is 0. The first-order chi connectivity index (χ1) is 6.85. The molecule has 1 N–H and O–H groups in total. The van der Waals surface area contributed by atoms with Gasteiger partial charge in [0.15, 0.2) is 0 Å². The maximum Gasteiger partial charge on any atom is 0.0351 e.